The van der Waals surface area contributed by atoms with E-state index in [1.54, 1.807) is 25.1 Å². The van der Waals surface area contributed by atoms with Gasteiger partial charge in [0, 0.05) is 12.1 Å². The van der Waals surface area contributed by atoms with E-state index in [0.29, 0.717) is 11.3 Å². The highest BCUT2D eigenvalue weighted by atomic mass is 16.4. The van der Waals surface area contributed by atoms with Gasteiger partial charge in [0.25, 0.3) is 0 Å². The molecular weight excluding hydrogens is 268 g/mol. The van der Waals surface area contributed by atoms with Gasteiger partial charge in [-0.2, -0.15) is 0 Å². The van der Waals surface area contributed by atoms with Crippen molar-refractivity contribution >= 4 is 17.7 Å². The molecule has 0 aromatic heterocycles. The highest BCUT2D eigenvalue weighted by Gasteiger charge is 2.33. The van der Waals surface area contributed by atoms with Crippen molar-refractivity contribution in [3.8, 4) is 0 Å². The fraction of sp³-hybridized carbons (Fsp3) is 0.500. The number of aryl methyl sites for hydroxylation is 1. The molecule has 1 saturated heterocycles. The van der Waals surface area contributed by atoms with E-state index < -0.39 is 5.97 Å². The Labute approximate surface area is 125 Å². The van der Waals surface area contributed by atoms with Crippen molar-refractivity contribution in [3.05, 3.63) is 29.3 Å². The summed E-state index contributed by atoms with van der Waals surface area (Å²) < 4.78 is 0. The van der Waals surface area contributed by atoms with Crippen molar-refractivity contribution in [2.24, 2.45) is 0 Å². The lowest BCUT2D eigenvalue weighted by Gasteiger charge is -2.28. The molecule has 21 heavy (non-hydrogen) atoms. The lowest BCUT2D eigenvalue weighted by atomic mass is 10.1. The van der Waals surface area contributed by atoms with Crippen LogP contribution in [0, 0.1) is 6.92 Å². The van der Waals surface area contributed by atoms with Crippen LogP contribution in [0.25, 0.3) is 0 Å². The summed E-state index contributed by atoms with van der Waals surface area (Å²) in [7, 11) is 0. The van der Waals surface area contributed by atoms with Gasteiger partial charge >= 0.3 is 12.0 Å². The first-order chi connectivity index (χ1) is 9.95. The molecule has 2 amide bonds. The second-order valence-corrected chi connectivity index (χ2v) is 5.63. The molecule has 1 aromatic carbocycles. The zero-order valence-electron chi connectivity index (χ0n) is 12.7. The summed E-state index contributed by atoms with van der Waals surface area (Å²) in [5.41, 5.74) is 1.16. The van der Waals surface area contributed by atoms with E-state index in [1.807, 2.05) is 11.8 Å². The molecule has 0 aliphatic carbocycles. The third kappa shape index (κ3) is 3.01. The van der Waals surface area contributed by atoms with Crippen LogP contribution in [0.3, 0.4) is 0 Å². The maximum Gasteiger partial charge on any atom is 0.338 e. The molecule has 0 saturated carbocycles. The molecule has 1 aromatic rings. The van der Waals surface area contributed by atoms with Crippen molar-refractivity contribution in [3.63, 3.8) is 0 Å². The average molecular weight is 290 g/mol. The summed E-state index contributed by atoms with van der Waals surface area (Å²) in [4.78, 5) is 25.7. The zero-order chi connectivity index (χ0) is 15.6. The first kappa shape index (κ1) is 15.4. The quantitative estimate of drug-likeness (QED) is 0.895. The molecule has 2 rings (SSSR count). The van der Waals surface area contributed by atoms with E-state index in [9.17, 15) is 14.7 Å². The Hall–Kier alpha value is -2.04. The number of anilines is 1. The van der Waals surface area contributed by atoms with Crippen LogP contribution in [0.2, 0.25) is 0 Å². The molecule has 1 heterocycles. The fourth-order valence-corrected chi connectivity index (χ4v) is 3.07. The molecule has 2 atom stereocenters. The normalized spacial score (nSPS) is 21.4. The number of carboxylic acids is 1. The number of hydrogen-bond acceptors (Lipinski definition) is 2. The lowest BCUT2D eigenvalue weighted by Crippen LogP contribution is -2.42. The first-order valence-corrected chi connectivity index (χ1v) is 7.38. The van der Waals surface area contributed by atoms with Gasteiger partial charge < -0.3 is 15.3 Å². The van der Waals surface area contributed by atoms with E-state index in [1.165, 1.54) is 0 Å². The molecule has 1 aliphatic rings. The molecule has 0 spiro atoms. The van der Waals surface area contributed by atoms with Gasteiger partial charge in [0.1, 0.15) is 0 Å². The summed E-state index contributed by atoms with van der Waals surface area (Å²) in [6, 6.07) is 5.33. The summed E-state index contributed by atoms with van der Waals surface area (Å²) >= 11 is 0. The largest absolute Gasteiger partial charge is 0.478 e. The highest BCUT2D eigenvalue weighted by molar-refractivity contribution is 6.01. The number of carbonyl (C=O) groups is 2. The molecule has 0 radical (unpaired) electrons. The van der Waals surface area contributed by atoms with E-state index >= 15 is 0 Å². The topological polar surface area (TPSA) is 69.6 Å². The minimum atomic E-state index is -1.02. The minimum Gasteiger partial charge on any atom is -0.478 e. The number of benzene rings is 1. The van der Waals surface area contributed by atoms with Crippen molar-refractivity contribution in [1.29, 1.82) is 0 Å². The summed E-state index contributed by atoms with van der Waals surface area (Å²) in [6.07, 6.45) is 2.91. The van der Waals surface area contributed by atoms with Crippen LogP contribution >= 0.6 is 0 Å². The highest BCUT2D eigenvalue weighted by Crippen LogP contribution is 2.28. The molecule has 5 heteroatoms. The number of nitrogens with zero attached hydrogens (tertiary/aromatic N) is 1. The number of rotatable bonds is 3. The van der Waals surface area contributed by atoms with Gasteiger partial charge in [-0.25, -0.2) is 9.59 Å². The third-order valence-electron chi connectivity index (χ3n) is 4.22. The predicted molar refractivity (Wildman–Crippen MR) is 81.8 cm³/mol. The van der Waals surface area contributed by atoms with Gasteiger partial charge in [-0.3, -0.25) is 0 Å². The predicted octanol–water partition coefficient (Wildman–Crippen LogP) is 3.49. The Bertz CT molecular complexity index is 556. The Morgan fingerprint density at radius 3 is 2.71 bits per heavy atom. The van der Waals surface area contributed by atoms with E-state index in [2.05, 4.69) is 12.2 Å². The minimum absolute atomic E-state index is 0.158. The maximum atomic E-state index is 12.5. The molecular formula is C16H22N2O3. The van der Waals surface area contributed by atoms with Gasteiger partial charge in [-0.15, -0.1) is 0 Å². The van der Waals surface area contributed by atoms with Gasteiger partial charge in [0.2, 0.25) is 0 Å². The van der Waals surface area contributed by atoms with Crippen LogP contribution in [0.4, 0.5) is 10.5 Å². The summed E-state index contributed by atoms with van der Waals surface area (Å²) in [6.45, 7) is 5.83. The molecule has 114 valence electrons. The number of aromatic carboxylic acids is 1. The Morgan fingerprint density at radius 2 is 2.10 bits per heavy atom. The smallest absolute Gasteiger partial charge is 0.338 e. The van der Waals surface area contributed by atoms with Gasteiger partial charge in [0.15, 0.2) is 0 Å². The average Bonchev–Trinajstić information content (AvgIpc) is 2.79. The summed E-state index contributed by atoms with van der Waals surface area (Å²) in [5, 5.41) is 12.1. The molecule has 2 N–H and O–H groups in total. The number of hydrogen-bond donors (Lipinski definition) is 2. The standard InChI is InChI=1S/C16H22N2O3/c1-4-12-9-8-11(3)18(12)16(21)17-13-7-5-6-10(2)14(13)15(19)20/h5-7,11-12H,4,8-9H2,1-3H3,(H,17,21)(H,19,20). The monoisotopic (exact) mass is 290 g/mol. The maximum absolute atomic E-state index is 12.5. The van der Waals surface area contributed by atoms with Crippen LogP contribution < -0.4 is 5.32 Å². The van der Waals surface area contributed by atoms with Crippen molar-refractivity contribution in [2.75, 3.05) is 5.32 Å². The van der Waals surface area contributed by atoms with E-state index in [4.69, 9.17) is 0 Å². The van der Waals surface area contributed by atoms with Gasteiger partial charge in [-0.05, 0) is 44.7 Å². The molecule has 2 unspecified atom stereocenters. The number of carbonyl (C=O) groups excluding carboxylic acids is 1. The number of nitrogens with one attached hydrogen (secondary N) is 1. The molecule has 0 bridgehead atoms. The fourth-order valence-electron chi connectivity index (χ4n) is 3.07. The van der Waals surface area contributed by atoms with Crippen LogP contribution in [0.5, 0.6) is 0 Å². The Kier molecular flexibility index (Phi) is 4.50. The van der Waals surface area contributed by atoms with Gasteiger partial charge in [-0.1, -0.05) is 19.1 Å². The SMILES string of the molecule is CCC1CCC(C)N1C(=O)Nc1cccc(C)c1C(=O)O. The van der Waals surface area contributed by atoms with Gasteiger partial charge in [0.05, 0.1) is 11.3 Å². The molecule has 1 fully saturated rings. The van der Waals surface area contributed by atoms with Crippen LogP contribution in [-0.4, -0.2) is 34.1 Å². The van der Waals surface area contributed by atoms with Crippen LogP contribution in [-0.2, 0) is 0 Å². The van der Waals surface area contributed by atoms with E-state index in [-0.39, 0.29) is 23.7 Å². The van der Waals surface area contributed by atoms with Crippen molar-refractivity contribution in [2.45, 2.75) is 52.1 Å². The Balaban J connectivity index is 2.24. The number of amides is 2. The molecule has 1 aliphatic heterocycles. The number of carboxylic acid groups (broad SMARTS) is 1. The number of urea groups is 1. The zero-order valence-corrected chi connectivity index (χ0v) is 12.7. The second-order valence-electron chi connectivity index (χ2n) is 5.63. The lowest BCUT2D eigenvalue weighted by molar-refractivity contribution is 0.0697. The van der Waals surface area contributed by atoms with E-state index in [0.717, 1.165) is 19.3 Å². The van der Waals surface area contributed by atoms with Crippen molar-refractivity contribution < 1.29 is 14.7 Å². The second kappa shape index (κ2) is 6.16. The third-order valence-corrected chi connectivity index (χ3v) is 4.22. The summed E-state index contributed by atoms with van der Waals surface area (Å²) in [5.74, 6) is -1.02. The number of likely N-dealkylation sites (tertiary alicyclic amines) is 1. The first-order valence-electron chi connectivity index (χ1n) is 7.38. The molecule has 5 nitrogen and oxygen atoms in total. The van der Waals surface area contributed by atoms with Crippen LogP contribution in [0.1, 0.15) is 49.0 Å². The van der Waals surface area contributed by atoms with Crippen molar-refractivity contribution in [1.82, 2.24) is 4.90 Å². The Morgan fingerprint density at radius 1 is 1.38 bits per heavy atom. The van der Waals surface area contributed by atoms with Crippen LogP contribution in [0.15, 0.2) is 18.2 Å².